The third kappa shape index (κ3) is 3.04. The van der Waals surface area contributed by atoms with Crippen LogP contribution < -0.4 is 0 Å². The predicted octanol–water partition coefficient (Wildman–Crippen LogP) is 5.87. The summed E-state index contributed by atoms with van der Waals surface area (Å²) in [6.07, 6.45) is 0. The van der Waals surface area contributed by atoms with Crippen molar-refractivity contribution >= 4 is 53.9 Å². The van der Waals surface area contributed by atoms with E-state index < -0.39 is 13.9 Å². The molecule has 0 N–H and O–H groups in total. The van der Waals surface area contributed by atoms with E-state index in [9.17, 15) is 15.5 Å². The van der Waals surface area contributed by atoms with Gasteiger partial charge < -0.3 is 0 Å². The molecular weight excluding hydrogens is 378 g/mol. The van der Waals surface area contributed by atoms with Crippen molar-refractivity contribution in [3.63, 3.8) is 0 Å². The van der Waals surface area contributed by atoms with Gasteiger partial charge in [-0.25, -0.2) is 0 Å². The van der Waals surface area contributed by atoms with Crippen LogP contribution >= 0.6 is 53.9 Å². The first kappa shape index (κ1) is 12.7. The zero-order valence-corrected chi connectivity index (χ0v) is 10.8. The topological polar surface area (TPSA) is 0 Å². The van der Waals surface area contributed by atoms with Gasteiger partial charge in [-0.3, -0.25) is 0 Å². The Hall–Kier alpha value is 0.600. The number of benzene rings is 1. The molecule has 0 spiro atoms. The lowest BCUT2D eigenvalue weighted by Gasteiger charge is -2.42. The molecule has 0 aliphatic carbocycles. The summed E-state index contributed by atoms with van der Waals surface area (Å²) in [5.41, 5.74) is 0. The Balaban J connectivity index is 3.45. The van der Waals surface area contributed by atoms with Crippen molar-refractivity contribution in [2.45, 2.75) is 4.90 Å². The molecule has 82 valence electrons. The van der Waals surface area contributed by atoms with Crippen LogP contribution in [0.25, 0.3) is 0 Å². The summed E-state index contributed by atoms with van der Waals surface area (Å²) in [6.45, 7) is 0. The van der Waals surface area contributed by atoms with Crippen LogP contribution in [0.15, 0.2) is 23.1 Å². The number of hydrogen-bond acceptors (Lipinski definition) is 0. The van der Waals surface area contributed by atoms with Gasteiger partial charge in [-0.2, -0.15) is 0 Å². The van der Waals surface area contributed by atoms with E-state index in [4.69, 9.17) is 11.6 Å². The monoisotopic (exact) mass is 380 g/mol. The van der Waals surface area contributed by atoms with Crippen LogP contribution in [-0.4, -0.2) is 0 Å². The first-order valence-electron chi connectivity index (χ1n) is 3.09. The van der Waals surface area contributed by atoms with Crippen LogP contribution in [0.3, 0.4) is 0 Å². The summed E-state index contributed by atoms with van der Waals surface area (Å²) >= 11 is 7.16. The van der Waals surface area contributed by atoms with Crippen molar-refractivity contribution in [3.05, 3.63) is 26.8 Å². The minimum absolute atomic E-state index is 0.181. The average molecular weight is 381 g/mol. The van der Waals surface area contributed by atoms with Gasteiger partial charge in [0.25, 0.3) is 9.05 Å². The van der Waals surface area contributed by atoms with Crippen molar-refractivity contribution in [2.75, 3.05) is 0 Å². The van der Waals surface area contributed by atoms with Crippen LogP contribution in [0.1, 0.15) is 0 Å². The fourth-order valence-corrected chi connectivity index (χ4v) is 2.25. The lowest BCUT2D eigenvalue weighted by atomic mass is 10.4. The van der Waals surface area contributed by atoms with Gasteiger partial charge in [0.15, 0.2) is 0 Å². The van der Waals surface area contributed by atoms with E-state index in [-0.39, 0.29) is 5.02 Å². The molecule has 0 bridgehead atoms. The average Bonchev–Trinajstić information content (AvgIpc) is 1.89. The van der Waals surface area contributed by atoms with Crippen molar-refractivity contribution in [1.29, 1.82) is 0 Å². The molecule has 0 amide bonds. The van der Waals surface area contributed by atoms with E-state index in [1.54, 1.807) is 22.6 Å². The Labute approximate surface area is 101 Å². The lowest BCUT2D eigenvalue weighted by Crippen LogP contribution is -2.04. The van der Waals surface area contributed by atoms with Crippen LogP contribution in [0, 0.1) is 3.57 Å². The second kappa shape index (κ2) is 2.83. The summed E-state index contributed by atoms with van der Waals surface area (Å²) in [4.78, 5) is -1.53. The van der Waals surface area contributed by atoms with Crippen molar-refractivity contribution < 1.29 is 15.5 Å². The number of hydrogen-bond donors (Lipinski definition) is 0. The summed E-state index contributed by atoms with van der Waals surface area (Å²) in [5.74, 6) is 0. The highest BCUT2D eigenvalue weighted by Crippen LogP contribution is 3.04. The Morgan fingerprint density at radius 3 is 2.00 bits per heavy atom. The Morgan fingerprint density at radius 2 is 1.64 bits per heavy atom. The molecule has 1 aromatic rings. The minimum atomic E-state index is -8.60. The molecule has 0 heterocycles. The molecular formula is C6H3Cl2F4IS. The molecule has 14 heavy (non-hydrogen) atoms. The van der Waals surface area contributed by atoms with Crippen molar-refractivity contribution in [2.24, 2.45) is 0 Å². The highest BCUT2D eigenvalue weighted by Gasteiger charge is 2.63. The number of rotatable bonds is 1. The van der Waals surface area contributed by atoms with E-state index in [1.807, 2.05) is 0 Å². The molecule has 0 saturated carbocycles. The quantitative estimate of drug-likeness (QED) is 0.422. The Bertz CT molecular complexity index is 387. The van der Waals surface area contributed by atoms with Gasteiger partial charge in [0.1, 0.15) is 0 Å². The van der Waals surface area contributed by atoms with E-state index in [0.717, 1.165) is 6.07 Å². The highest BCUT2D eigenvalue weighted by molar-refractivity contribution is 14.1. The van der Waals surface area contributed by atoms with Gasteiger partial charge in [-0.1, -0.05) is 11.6 Å². The Morgan fingerprint density at radius 1 is 1.14 bits per heavy atom. The third-order valence-corrected chi connectivity index (χ3v) is 4.59. The van der Waals surface area contributed by atoms with Crippen molar-refractivity contribution in [1.82, 2.24) is 0 Å². The molecule has 0 atom stereocenters. The summed E-state index contributed by atoms with van der Waals surface area (Å²) in [5, 5.41) is -0.181. The van der Waals surface area contributed by atoms with E-state index in [1.165, 1.54) is 0 Å². The Kier molecular flexibility index (Phi) is 2.56. The standard InChI is InChI=1S/C6H3Cl2F4IS/c7-5-3-4(1-2-6(5)13)14(8,9,10,11)12/h1-3H. The van der Waals surface area contributed by atoms with E-state index in [2.05, 4.69) is 10.7 Å². The molecule has 0 saturated heterocycles. The molecule has 0 nitrogen and oxygen atoms in total. The SMILES string of the molecule is FS(F)(F)(F)(Cl)c1ccc(I)c(Cl)c1. The maximum Gasteiger partial charge on any atom is 0.253 e. The zero-order valence-electron chi connectivity index (χ0n) is 6.29. The predicted molar refractivity (Wildman–Crippen MR) is 60.3 cm³/mol. The second-order valence-corrected chi connectivity index (χ2v) is 8.39. The zero-order chi connectivity index (χ0) is 11.3. The molecule has 0 aliphatic rings. The summed E-state index contributed by atoms with van der Waals surface area (Å²) in [6, 6.07) is 2.11. The summed E-state index contributed by atoms with van der Waals surface area (Å²) < 4.78 is 50.9. The van der Waals surface area contributed by atoms with E-state index in [0.29, 0.717) is 15.7 Å². The first-order chi connectivity index (χ1) is 5.90. The van der Waals surface area contributed by atoms with Gasteiger partial charge in [0.05, 0.1) is 9.92 Å². The third-order valence-electron chi connectivity index (χ3n) is 1.34. The van der Waals surface area contributed by atoms with Gasteiger partial charge in [-0.15, -0.1) is 15.5 Å². The maximum absolute atomic E-state index is 12.6. The van der Waals surface area contributed by atoms with Crippen LogP contribution in [-0.2, 0) is 0 Å². The van der Waals surface area contributed by atoms with Crippen LogP contribution in [0.4, 0.5) is 15.5 Å². The normalized spacial score (nSPS) is 17.4. The van der Waals surface area contributed by atoms with Gasteiger partial charge in [0, 0.05) is 14.3 Å². The van der Waals surface area contributed by atoms with Gasteiger partial charge in [-0.05, 0) is 40.8 Å². The number of halogens is 7. The minimum Gasteiger partial charge on any atom is -0.107 e. The largest absolute Gasteiger partial charge is 0.253 e. The fraction of sp³-hybridized carbons (Fsp3) is 0. The van der Waals surface area contributed by atoms with Crippen LogP contribution in [0.5, 0.6) is 0 Å². The molecule has 1 aromatic carbocycles. The molecule has 0 radical (unpaired) electrons. The first-order valence-corrected chi connectivity index (χ1v) is 7.43. The molecule has 0 fully saturated rings. The second-order valence-electron chi connectivity index (χ2n) is 2.54. The van der Waals surface area contributed by atoms with E-state index >= 15 is 0 Å². The molecule has 0 unspecified atom stereocenters. The highest BCUT2D eigenvalue weighted by atomic mass is 127. The van der Waals surface area contributed by atoms with Gasteiger partial charge in [0.2, 0.25) is 0 Å². The molecule has 0 aliphatic heterocycles. The molecule has 1 rings (SSSR count). The van der Waals surface area contributed by atoms with Crippen molar-refractivity contribution in [3.8, 4) is 0 Å². The summed E-state index contributed by atoms with van der Waals surface area (Å²) in [7, 11) is -4.52. The smallest absolute Gasteiger partial charge is 0.107 e. The lowest BCUT2D eigenvalue weighted by molar-refractivity contribution is 0.480. The molecule has 8 heteroatoms. The van der Waals surface area contributed by atoms with Crippen LogP contribution in [0.2, 0.25) is 5.02 Å². The van der Waals surface area contributed by atoms with Gasteiger partial charge >= 0.3 is 0 Å². The fourth-order valence-electron chi connectivity index (χ4n) is 0.717. The maximum atomic E-state index is 12.6. The molecule has 0 aromatic heterocycles.